The van der Waals surface area contributed by atoms with Crippen molar-refractivity contribution >= 4 is 17.1 Å². The van der Waals surface area contributed by atoms with Crippen molar-refractivity contribution < 1.29 is 10.0 Å². The summed E-state index contributed by atoms with van der Waals surface area (Å²) in [4.78, 5) is 12.5. The van der Waals surface area contributed by atoms with Crippen LogP contribution in [0, 0.1) is 10.1 Å². The average Bonchev–Trinajstić information content (AvgIpc) is 2.34. The number of benzene rings is 1. The van der Waals surface area contributed by atoms with Crippen LogP contribution >= 0.6 is 0 Å². The molecule has 0 radical (unpaired) electrons. The van der Waals surface area contributed by atoms with Gasteiger partial charge in [-0.3, -0.25) is 10.1 Å². The lowest BCUT2D eigenvalue weighted by molar-refractivity contribution is -0.384. The molecule has 0 amide bonds. The van der Waals surface area contributed by atoms with Gasteiger partial charge >= 0.3 is 0 Å². The van der Waals surface area contributed by atoms with Crippen LogP contribution in [0.25, 0.3) is 0 Å². The Bertz CT molecular complexity index is 469. The Kier molecular flexibility index (Phi) is 5.33. The van der Waals surface area contributed by atoms with Gasteiger partial charge in [-0.25, -0.2) is 0 Å². The highest BCUT2D eigenvalue weighted by molar-refractivity contribution is 5.64. The molecule has 112 valence electrons. The molecule has 0 unspecified atom stereocenters. The quantitative estimate of drug-likeness (QED) is 0.593. The van der Waals surface area contributed by atoms with Crippen molar-refractivity contribution in [1.82, 2.24) is 0 Å². The number of nitrogens with zero attached hydrogens (tertiary/aromatic N) is 2. The first kappa shape index (κ1) is 16.2. The normalized spacial score (nSPS) is 11.2. The number of nitro groups is 1. The molecule has 0 spiro atoms. The second-order valence-corrected chi connectivity index (χ2v) is 5.35. The van der Waals surface area contributed by atoms with Crippen molar-refractivity contribution in [1.29, 1.82) is 0 Å². The van der Waals surface area contributed by atoms with Gasteiger partial charge < -0.3 is 15.3 Å². The summed E-state index contributed by atoms with van der Waals surface area (Å²) in [6.07, 6.45) is 0. The monoisotopic (exact) mass is 281 g/mol. The number of hydrogen-bond donors (Lipinski definition) is 2. The highest BCUT2D eigenvalue weighted by atomic mass is 16.6. The van der Waals surface area contributed by atoms with Gasteiger partial charge in [0.05, 0.1) is 10.5 Å². The number of nitrogens with one attached hydrogen (secondary N) is 1. The van der Waals surface area contributed by atoms with Crippen molar-refractivity contribution in [3.8, 4) is 0 Å². The van der Waals surface area contributed by atoms with Gasteiger partial charge in [-0.05, 0) is 33.8 Å². The number of rotatable bonds is 7. The Morgan fingerprint density at radius 3 is 2.45 bits per heavy atom. The van der Waals surface area contributed by atoms with E-state index < -0.39 is 10.5 Å². The fourth-order valence-corrected chi connectivity index (χ4v) is 2.04. The molecule has 0 fully saturated rings. The van der Waals surface area contributed by atoms with E-state index in [4.69, 9.17) is 0 Å². The maximum Gasteiger partial charge on any atom is 0.273 e. The van der Waals surface area contributed by atoms with Gasteiger partial charge in [0.15, 0.2) is 0 Å². The smallest absolute Gasteiger partial charge is 0.273 e. The molecule has 0 bridgehead atoms. The predicted molar refractivity (Wildman–Crippen MR) is 81.4 cm³/mol. The maximum atomic E-state index is 11.0. The Morgan fingerprint density at radius 1 is 1.35 bits per heavy atom. The molecule has 0 atom stereocenters. The molecule has 0 saturated carbocycles. The van der Waals surface area contributed by atoms with E-state index >= 15 is 0 Å². The minimum atomic E-state index is -0.862. The summed E-state index contributed by atoms with van der Waals surface area (Å²) >= 11 is 0. The predicted octanol–water partition coefficient (Wildman–Crippen LogP) is 2.62. The van der Waals surface area contributed by atoms with E-state index in [1.54, 1.807) is 13.8 Å². The molecule has 0 aliphatic rings. The lowest BCUT2D eigenvalue weighted by atomic mass is 10.1. The van der Waals surface area contributed by atoms with Crippen molar-refractivity contribution in [3.63, 3.8) is 0 Å². The Morgan fingerprint density at radius 2 is 2.00 bits per heavy atom. The van der Waals surface area contributed by atoms with Crippen molar-refractivity contribution in [2.75, 3.05) is 29.9 Å². The lowest BCUT2D eigenvalue weighted by Gasteiger charge is -2.30. The van der Waals surface area contributed by atoms with Gasteiger partial charge in [0, 0.05) is 43.1 Å². The number of hydrogen-bond acceptors (Lipinski definition) is 5. The van der Waals surface area contributed by atoms with Gasteiger partial charge in [-0.1, -0.05) is 0 Å². The second-order valence-electron chi connectivity index (χ2n) is 5.35. The summed E-state index contributed by atoms with van der Waals surface area (Å²) in [5.74, 6) is 0. The SMILES string of the molecule is CCNc1cc(N(CC)CC(C)(C)O)cc([N+](=O)[O-])c1. The first-order chi connectivity index (χ1) is 9.26. The van der Waals surface area contributed by atoms with E-state index in [2.05, 4.69) is 5.32 Å². The van der Waals surface area contributed by atoms with Gasteiger partial charge in [0.1, 0.15) is 0 Å². The standard InChI is InChI=1S/C14H23N3O3/c1-5-15-11-7-12(9-13(8-11)17(19)20)16(6-2)10-14(3,4)18/h7-9,15,18H,5-6,10H2,1-4H3. The van der Waals surface area contributed by atoms with E-state index in [-0.39, 0.29) is 5.69 Å². The Labute approximate surface area is 119 Å². The van der Waals surface area contributed by atoms with Crippen molar-refractivity contribution in [2.24, 2.45) is 0 Å². The lowest BCUT2D eigenvalue weighted by Crippen LogP contribution is -2.38. The third-order valence-corrected chi connectivity index (χ3v) is 2.82. The van der Waals surface area contributed by atoms with Crippen LogP contribution in [-0.4, -0.2) is 35.3 Å². The molecule has 0 aliphatic carbocycles. The molecule has 6 heteroatoms. The van der Waals surface area contributed by atoms with E-state index in [9.17, 15) is 15.2 Å². The zero-order chi connectivity index (χ0) is 15.3. The summed E-state index contributed by atoms with van der Waals surface area (Å²) in [6.45, 7) is 9.10. The molecule has 0 aromatic heterocycles. The fourth-order valence-electron chi connectivity index (χ4n) is 2.04. The third kappa shape index (κ3) is 4.70. The first-order valence-corrected chi connectivity index (χ1v) is 6.77. The average molecular weight is 281 g/mol. The molecular formula is C14H23N3O3. The molecule has 6 nitrogen and oxygen atoms in total. The number of nitro benzene ring substituents is 1. The third-order valence-electron chi connectivity index (χ3n) is 2.82. The van der Waals surface area contributed by atoms with E-state index in [0.717, 1.165) is 5.69 Å². The van der Waals surface area contributed by atoms with E-state index in [0.29, 0.717) is 25.3 Å². The van der Waals surface area contributed by atoms with Crippen LogP contribution in [0.5, 0.6) is 0 Å². The summed E-state index contributed by atoms with van der Waals surface area (Å²) in [6, 6.07) is 4.92. The van der Waals surface area contributed by atoms with E-state index in [1.807, 2.05) is 24.8 Å². The van der Waals surface area contributed by atoms with Crippen molar-refractivity contribution in [3.05, 3.63) is 28.3 Å². The number of likely N-dealkylation sites (N-methyl/N-ethyl adjacent to an activating group) is 1. The molecule has 0 heterocycles. The van der Waals surface area contributed by atoms with Crippen LogP contribution in [0.15, 0.2) is 18.2 Å². The number of aliphatic hydroxyl groups is 1. The van der Waals surface area contributed by atoms with Crippen LogP contribution in [0.2, 0.25) is 0 Å². The van der Waals surface area contributed by atoms with E-state index in [1.165, 1.54) is 12.1 Å². The summed E-state index contributed by atoms with van der Waals surface area (Å²) in [7, 11) is 0. The highest BCUT2D eigenvalue weighted by Crippen LogP contribution is 2.28. The van der Waals surface area contributed by atoms with Gasteiger partial charge in [0.25, 0.3) is 5.69 Å². The minimum absolute atomic E-state index is 0.0487. The summed E-state index contributed by atoms with van der Waals surface area (Å²) in [5.41, 5.74) is 0.636. The topological polar surface area (TPSA) is 78.6 Å². The molecule has 0 saturated heterocycles. The summed E-state index contributed by atoms with van der Waals surface area (Å²) < 4.78 is 0. The number of anilines is 2. The Hall–Kier alpha value is -1.82. The van der Waals surface area contributed by atoms with Gasteiger partial charge in [-0.2, -0.15) is 0 Å². The van der Waals surface area contributed by atoms with Gasteiger partial charge in [0.2, 0.25) is 0 Å². The maximum absolute atomic E-state index is 11.0. The zero-order valence-electron chi connectivity index (χ0n) is 12.5. The largest absolute Gasteiger partial charge is 0.389 e. The zero-order valence-corrected chi connectivity index (χ0v) is 12.5. The molecule has 0 aliphatic heterocycles. The number of non-ortho nitro benzene ring substituents is 1. The van der Waals surface area contributed by atoms with Crippen LogP contribution in [0.3, 0.4) is 0 Å². The molecule has 1 aromatic rings. The van der Waals surface area contributed by atoms with Crippen LogP contribution < -0.4 is 10.2 Å². The molecule has 20 heavy (non-hydrogen) atoms. The van der Waals surface area contributed by atoms with Crippen LogP contribution in [0.4, 0.5) is 17.1 Å². The minimum Gasteiger partial charge on any atom is -0.389 e. The molecule has 1 aromatic carbocycles. The molecular weight excluding hydrogens is 258 g/mol. The van der Waals surface area contributed by atoms with Crippen LogP contribution in [0.1, 0.15) is 27.7 Å². The summed E-state index contributed by atoms with van der Waals surface area (Å²) in [5, 5.41) is 24.0. The Balaban J connectivity index is 3.16. The van der Waals surface area contributed by atoms with Crippen LogP contribution in [-0.2, 0) is 0 Å². The fraction of sp³-hybridized carbons (Fsp3) is 0.571. The molecule has 1 rings (SSSR count). The van der Waals surface area contributed by atoms with Crippen molar-refractivity contribution in [2.45, 2.75) is 33.3 Å². The molecule has 2 N–H and O–H groups in total. The first-order valence-electron chi connectivity index (χ1n) is 6.77. The second kappa shape index (κ2) is 6.56. The highest BCUT2D eigenvalue weighted by Gasteiger charge is 2.20. The van der Waals surface area contributed by atoms with Gasteiger partial charge in [-0.15, -0.1) is 0 Å².